The molecular weight excluding hydrogens is 336 g/mol. The third-order valence-electron chi connectivity index (χ3n) is 5.19. The van der Waals surface area contributed by atoms with Gasteiger partial charge in [-0.2, -0.15) is 0 Å². The highest BCUT2D eigenvalue weighted by Crippen LogP contribution is 2.33. The predicted molar refractivity (Wildman–Crippen MR) is 106 cm³/mol. The largest absolute Gasteiger partial charge is 0.352 e. The number of rotatable bonds is 2. The molecule has 132 valence electrons. The van der Waals surface area contributed by atoms with Gasteiger partial charge in [-0.15, -0.1) is 0 Å². The van der Waals surface area contributed by atoms with Crippen molar-refractivity contribution in [1.29, 1.82) is 0 Å². The van der Waals surface area contributed by atoms with Crippen LogP contribution in [-0.4, -0.2) is 27.4 Å². The van der Waals surface area contributed by atoms with E-state index >= 15 is 0 Å². The van der Waals surface area contributed by atoms with Crippen molar-refractivity contribution in [1.82, 2.24) is 20.3 Å². The number of aromatic amines is 1. The number of nitrogens with one attached hydrogen (secondary N) is 2. The molecule has 5 nitrogen and oxygen atoms in total. The van der Waals surface area contributed by atoms with Crippen molar-refractivity contribution in [3.63, 3.8) is 0 Å². The van der Waals surface area contributed by atoms with Gasteiger partial charge in [-0.05, 0) is 42.7 Å². The van der Waals surface area contributed by atoms with Gasteiger partial charge in [0.1, 0.15) is 5.65 Å². The number of benzene rings is 1. The van der Waals surface area contributed by atoms with Crippen molar-refractivity contribution in [3.8, 4) is 22.3 Å². The van der Waals surface area contributed by atoms with E-state index in [1.807, 2.05) is 37.5 Å². The van der Waals surface area contributed by atoms with Crippen LogP contribution in [0.5, 0.6) is 0 Å². The summed E-state index contributed by atoms with van der Waals surface area (Å²) in [7, 11) is 0. The monoisotopic (exact) mass is 354 g/mol. The minimum absolute atomic E-state index is 0.0118. The van der Waals surface area contributed by atoms with Crippen LogP contribution in [0.2, 0.25) is 0 Å². The second kappa shape index (κ2) is 6.06. The van der Waals surface area contributed by atoms with Gasteiger partial charge < -0.3 is 10.3 Å². The molecule has 5 rings (SSSR count). The van der Waals surface area contributed by atoms with Crippen molar-refractivity contribution >= 4 is 16.9 Å². The van der Waals surface area contributed by atoms with E-state index in [2.05, 4.69) is 38.5 Å². The number of fused-ring (bicyclic) bond motifs is 2. The molecule has 0 radical (unpaired) electrons. The minimum atomic E-state index is 0.0118. The van der Waals surface area contributed by atoms with Crippen molar-refractivity contribution < 1.29 is 4.79 Å². The quantitative estimate of drug-likeness (QED) is 0.574. The summed E-state index contributed by atoms with van der Waals surface area (Å²) in [5.41, 5.74) is 8.02. The third kappa shape index (κ3) is 2.59. The van der Waals surface area contributed by atoms with E-state index in [1.54, 1.807) is 6.20 Å². The lowest BCUT2D eigenvalue weighted by atomic mass is 9.94. The summed E-state index contributed by atoms with van der Waals surface area (Å²) in [4.78, 5) is 24.2. The Bertz CT molecular complexity index is 1190. The van der Waals surface area contributed by atoms with Crippen LogP contribution in [0.4, 0.5) is 0 Å². The molecule has 0 unspecified atom stereocenters. The van der Waals surface area contributed by atoms with Crippen molar-refractivity contribution in [3.05, 3.63) is 71.8 Å². The van der Waals surface area contributed by atoms with Gasteiger partial charge in [0.25, 0.3) is 5.91 Å². The highest BCUT2D eigenvalue weighted by Gasteiger charge is 2.18. The average molecular weight is 354 g/mol. The molecule has 0 bridgehead atoms. The molecule has 0 aliphatic carbocycles. The summed E-state index contributed by atoms with van der Waals surface area (Å²) < 4.78 is 0. The number of H-pyrrole nitrogens is 1. The van der Waals surface area contributed by atoms with Gasteiger partial charge in [-0.1, -0.05) is 18.2 Å². The molecule has 4 aromatic rings. The van der Waals surface area contributed by atoms with Crippen LogP contribution in [0, 0.1) is 6.92 Å². The maximum atomic E-state index is 12.0. The highest BCUT2D eigenvalue weighted by atomic mass is 16.1. The Balaban J connectivity index is 1.65. The summed E-state index contributed by atoms with van der Waals surface area (Å²) in [5, 5.41) is 3.96. The average Bonchev–Trinajstić information content (AvgIpc) is 3.11. The van der Waals surface area contributed by atoms with Gasteiger partial charge in [0.15, 0.2) is 0 Å². The van der Waals surface area contributed by atoms with Gasteiger partial charge >= 0.3 is 0 Å². The standard InChI is InChI=1S/C22H18N4O/c1-13-17(3-2-7-23-13)16-10-19-20(12-26-21(19)25-11-16)14-4-5-18-15(9-14)6-8-24-22(18)27/h2-5,7,9-12H,6,8H2,1H3,(H,24,27)(H,25,26). The van der Waals surface area contributed by atoms with Crippen LogP contribution in [-0.2, 0) is 6.42 Å². The topological polar surface area (TPSA) is 70.7 Å². The summed E-state index contributed by atoms with van der Waals surface area (Å²) in [6.45, 7) is 2.70. The summed E-state index contributed by atoms with van der Waals surface area (Å²) in [6.07, 6.45) is 6.53. The van der Waals surface area contributed by atoms with Crippen molar-refractivity contribution in [2.45, 2.75) is 13.3 Å². The van der Waals surface area contributed by atoms with Crippen LogP contribution in [0.25, 0.3) is 33.3 Å². The fraction of sp³-hybridized carbons (Fsp3) is 0.136. The van der Waals surface area contributed by atoms with Gasteiger partial charge in [0.05, 0.1) is 0 Å². The van der Waals surface area contributed by atoms with E-state index in [0.717, 1.165) is 56.5 Å². The van der Waals surface area contributed by atoms with Crippen LogP contribution < -0.4 is 5.32 Å². The Labute approximate surface area is 156 Å². The lowest BCUT2D eigenvalue weighted by molar-refractivity contribution is 0.0946. The second-order valence-electron chi connectivity index (χ2n) is 6.84. The Morgan fingerprint density at radius 3 is 2.81 bits per heavy atom. The second-order valence-corrected chi connectivity index (χ2v) is 6.84. The number of aryl methyl sites for hydroxylation is 1. The molecule has 0 fully saturated rings. The van der Waals surface area contributed by atoms with E-state index in [-0.39, 0.29) is 5.91 Å². The molecule has 0 saturated carbocycles. The van der Waals surface area contributed by atoms with Crippen molar-refractivity contribution in [2.24, 2.45) is 0 Å². The van der Waals surface area contributed by atoms with E-state index in [1.165, 1.54) is 0 Å². The molecule has 1 aromatic carbocycles. The van der Waals surface area contributed by atoms with Gasteiger partial charge in [-0.3, -0.25) is 9.78 Å². The summed E-state index contributed by atoms with van der Waals surface area (Å²) in [6, 6.07) is 12.2. The Kier molecular flexibility index (Phi) is 3.53. The first-order chi connectivity index (χ1) is 13.2. The summed E-state index contributed by atoms with van der Waals surface area (Å²) >= 11 is 0. The maximum absolute atomic E-state index is 12.0. The molecular formula is C22H18N4O. The zero-order valence-corrected chi connectivity index (χ0v) is 14.9. The highest BCUT2D eigenvalue weighted by molar-refractivity contribution is 5.99. The van der Waals surface area contributed by atoms with E-state index in [9.17, 15) is 4.79 Å². The first-order valence-electron chi connectivity index (χ1n) is 9.01. The first kappa shape index (κ1) is 15.8. The molecule has 0 atom stereocenters. The first-order valence-corrected chi connectivity index (χ1v) is 9.01. The fourth-order valence-corrected chi connectivity index (χ4v) is 3.77. The maximum Gasteiger partial charge on any atom is 0.251 e. The molecule has 1 aliphatic heterocycles. The Hall–Kier alpha value is -3.47. The van der Waals surface area contributed by atoms with Crippen LogP contribution in [0.1, 0.15) is 21.6 Å². The molecule has 5 heteroatoms. The number of carbonyl (C=O) groups is 1. The SMILES string of the molecule is Cc1ncccc1-c1cnc2[nH]cc(-c3ccc4c(c3)CCNC4=O)c2c1. The molecule has 1 amide bonds. The number of amides is 1. The van der Waals surface area contributed by atoms with Gasteiger partial charge in [-0.25, -0.2) is 4.98 Å². The number of pyridine rings is 2. The number of hydrogen-bond acceptors (Lipinski definition) is 3. The van der Waals surface area contributed by atoms with E-state index < -0.39 is 0 Å². The molecule has 27 heavy (non-hydrogen) atoms. The molecule has 1 aliphatic rings. The normalized spacial score (nSPS) is 13.4. The molecule has 0 spiro atoms. The smallest absolute Gasteiger partial charge is 0.251 e. The van der Waals surface area contributed by atoms with Crippen LogP contribution in [0.3, 0.4) is 0 Å². The minimum Gasteiger partial charge on any atom is -0.352 e. The number of carbonyl (C=O) groups excluding carboxylic acids is 1. The third-order valence-corrected chi connectivity index (χ3v) is 5.19. The van der Waals surface area contributed by atoms with Gasteiger partial charge in [0.2, 0.25) is 0 Å². The number of aromatic nitrogens is 3. The molecule has 4 heterocycles. The van der Waals surface area contributed by atoms with Crippen LogP contribution in [0.15, 0.2) is 55.0 Å². The fourth-order valence-electron chi connectivity index (χ4n) is 3.77. The number of hydrogen-bond donors (Lipinski definition) is 2. The lowest BCUT2D eigenvalue weighted by Crippen LogP contribution is -2.31. The lowest BCUT2D eigenvalue weighted by Gasteiger charge is -2.17. The van der Waals surface area contributed by atoms with Crippen LogP contribution >= 0.6 is 0 Å². The number of nitrogens with zero attached hydrogens (tertiary/aromatic N) is 2. The summed E-state index contributed by atoms with van der Waals surface area (Å²) in [5.74, 6) is 0.0118. The Morgan fingerprint density at radius 2 is 1.93 bits per heavy atom. The molecule has 2 N–H and O–H groups in total. The van der Waals surface area contributed by atoms with Gasteiger partial charge in [0, 0.05) is 58.5 Å². The molecule has 0 saturated heterocycles. The van der Waals surface area contributed by atoms with E-state index in [0.29, 0.717) is 6.54 Å². The molecule has 3 aromatic heterocycles. The van der Waals surface area contributed by atoms with E-state index in [4.69, 9.17) is 0 Å². The zero-order chi connectivity index (χ0) is 18.4. The Morgan fingerprint density at radius 1 is 1.00 bits per heavy atom. The zero-order valence-electron chi connectivity index (χ0n) is 14.9. The van der Waals surface area contributed by atoms with Crippen molar-refractivity contribution in [2.75, 3.05) is 6.54 Å². The predicted octanol–water partition coefficient (Wildman–Crippen LogP) is 3.89.